The molecule has 1 aromatic carbocycles. The highest BCUT2D eigenvalue weighted by molar-refractivity contribution is 5.48. The van der Waals surface area contributed by atoms with Gasteiger partial charge < -0.3 is 14.8 Å². The first-order valence-corrected chi connectivity index (χ1v) is 5.41. The molecule has 2 rings (SSSR count). The molecule has 0 aliphatic carbocycles. The molecule has 0 aromatic heterocycles. The summed E-state index contributed by atoms with van der Waals surface area (Å²) in [6.45, 7) is 3.27. The summed E-state index contributed by atoms with van der Waals surface area (Å²) < 4.78 is 24.7. The van der Waals surface area contributed by atoms with E-state index in [0.717, 1.165) is 5.56 Å². The molecule has 4 heteroatoms. The summed E-state index contributed by atoms with van der Waals surface area (Å²) >= 11 is 0. The third-order valence-corrected chi connectivity index (χ3v) is 2.65. The van der Waals surface area contributed by atoms with Crippen molar-refractivity contribution in [2.24, 2.45) is 0 Å². The average molecular weight is 225 g/mol. The second kappa shape index (κ2) is 4.70. The highest BCUT2D eigenvalue weighted by Gasteiger charge is 2.18. The van der Waals surface area contributed by atoms with E-state index in [-0.39, 0.29) is 0 Å². The van der Waals surface area contributed by atoms with E-state index in [1.165, 1.54) is 0 Å². The molecule has 0 saturated carbocycles. The summed E-state index contributed by atoms with van der Waals surface area (Å²) in [6.07, 6.45) is -1.01. The van der Waals surface area contributed by atoms with Crippen LogP contribution in [0, 0.1) is 6.92 Å². The quantitative estimate of drug-likeness (QED) is 0.853. The molecular formula is C12H16FNO2. The molecule has 0 amide bonds. The highest BCUT2D eigenvalue weighted by Crippen LogP contribution is 2.35. The maximum Gasteiger partial charge on any atom is 0.161 e. The number of hydrogen-bond acceptors (Lipinski definition) is 3. The van der Waals surface area contributed by atoms with Gasteiger partial charge in [-0.2, -0.15) is 0 Å². The van der Waals surface area contributed by atoms with Gasteiger partial charge in [0.05, 0.1) is 0 Å². The molecule has 0 fully saturated rings. The number of rotatable bonds is 3. The van der Waals surface area contributed by atoms with Crippen molar-refractivity contribution < 1.29 is 13.9 Å². The molecule has 0 spiro atoms. The van der Waals surface area contributed by atoms with E-state index >= 15 is 0 Å². The number of nitrogens with one attached hydrogen (secondary N) is 1. The van der Waals surface area contributed by atoms with Crippen LogP contribution in [0.25, 0.3) is 0 Å². The van der Waals surface area contributed by atoms with Crippen LogP contribution in [0.1, 0.15) is 17.3 Å². The van der Waals surface area contributed by atoms with Crippen molar-refractivity contribution in [3.05, 3.63) is 23.3 Å². The Morgan fingerprint density at radius 1 is 1.31 bits per heavy atom. The molecule has 0 saturated heterocycles. The van der Waals surface area contributed by atoms with Crippen molar-refractivity contribution in [2.45, 2.75) is 13.1 Å². The third kappa shape index (κ3) is 2.11. The van der Waals surface area contributed by atoms with Gasteiger partial charge in [0.1, 0.15) is 19.4 Å². The summed E-state index contributed by atoms with van der Waals surface area (Å²) in [5.41, 5.74) is 1.56. The minimum Gasteiger partial charge on any atom is -0.486 e. The topological polar surface area (TPSA) is 30.5 Å². The van der Waals surface area contributed by atoms with Gasteiger partial charge in [0, 0.05) is 6.54 Å². The molecule has 1 N–H and O–H groups in total. The highest BCUT2D eigenvalue weighted by atomic mass is 19.1. The first-order chi connectivity index (χ1) is 7.72. The van der Waals surface area contributed by atoms with Crippen LogP contribution in [-0.4, -0.2) is 26.8 Å². The first kappa shape index (κ1) is 11.2. The Bertz CT molecular complexity index is 382. The van der Waals surface area contributed by atoms with Crippen LogP contribution in [0.4, 0.5) is 4.39 Å². The number of hydrogen-bond donors (Lipinski definition) is 1. The second-order valence-electron chi connectivity index (χ2n) is 3.88. The number of halogens is 1. The number of likely N-dealkylation sites (N-methyl/N-ethyl adjacent to an activating group) is 1. The lowest BCUT2D eigenvalue weighted by atomic mass is 10.0. The van der Waals surface area contributed by atoms with Gasteiger partial charge in [-0.15, -0.1) is 0 Å². The number of alkyl halides is 1. The summed E-state index contributed by atoms with van der Waals surface area (Å²) in [6, 6.07) is 3.58. The monoisotopic (exact) mass is 225 g/mol. The van der Waals surface area contributed by atoms with E-state index in [9.17, 15) is 4.39 Å². The van der Waals surface area contributed by atoms with Crippen LogP contribution in [0.2, 0.25) is 0 Å². The predicted octanol–water partition coefficient (Wildman–Crippen LogP) is 2.00. The number of fused-ring (bicyclic) bond motifs is 1. The predicted molar refractivity (Wildman–Crippen MR) is 59.9 cm³/mol. The smallest absolute Gasteiger partial charge is 0.161 e. The zero-order chi connectivity index (χ0) is 11.5. The van der Waals surface area contributed by atoms with Crippen LogP contribution < -0.4 is 14.8 Å². The van der Waals surface area contributed by atoms with Crippen LogP contribution in [0.3, 0.4) is 0 Å². The fraction of sp³-hybridized carbons (Fsp3) is 0.500. The van der Waals surface area contributed by atoms with Gasteiger partial charge in [-0.1, -0.05) is 0 Å². The Hall–Kier alpha value is -1.29. The van der Waals surface area contributed by atoms with Gasteiger partial charge in [0.15, 0.2) is 11.5 Å². The Kier molecular flexibility index (Phi) is 3.29. The number of benzene rings is 1. The molecule has 1 aliphatic rings. The maximum absolute atomic E-state index is 13.8. The third-order valence-electron chi connectivity index (χ3n) is 2.65. The van der Waals surface area contributed by atoms with Crippen molar-refractivity contribution >= 4 is 0 Å². The Morgan fingerprint density at radius 3 is 2.56 bits per heavy atom. The van der Waals surface area contributed by atoms with E-state index in [0.29, 0.717) is 36.8 Å². The van der Waals surface area contributed by atoms with Crippen LogP contribution in [0.15, 0.2) is 12.1 Å². The molecule has 1 atom stereocenters. The number of ether oxygens (including phenoxy) is 2. The van der Waals surface area contributed by atoms with Crippen molar-refractivity contribution in [2.75, 3.05) is 26.8 Å². The average Bonchev–Trinajstić information content (AvgIpc) is 2.28. The summed E-state index contributed by atoms with van der Waals surface area (Å²) in [5.74, 6) is 1.36. The Morgan fingerprint density at radius 2 is 1.94 bits per heavy atom. The lowest BCUT2D eigenvalue weighted by Gasteiger charge is -2.21. The normalized spacial score (nSPS) is 15.9. The molecule has 1 aliphatic heterocycles. The standard InChI is InChI=1S/C12H16FNO2/c1-8-5-11-12(16-4-3-15-11)6-9(8)10(13)7-14-2/h5-6,10,14H,3-4,7H2,1-2H3. The molecule has 3 nitrogen and oxygen atoms in total. The lowest BCUT2D eigenvalue weighted by molar-refractivity contribution is 0.170. The van der Waals surface area contributed by atoms with Crippen LogP contribution >= 0.6 is 0 Å². The van der Waals surface area contributed by atoms with E-state index in [1.807, 2.05) is 13.0 Å². The summed E-state index contributed by atoms with van der Waals surface area (Å²) in [7, 11) is 1.74. The zero-order valence-electron chi connectivity index (χ0n) is 9.55. The first-order valence-electron chi connectivity index (χ1n) is 5.41. The summed E-state index contributed by atoms with van der Waals surface area (Å²) in [5, 5.41) is 2.83. The number of aryl methyl sites for hydroxylation is 1. The van der Waals surface area contributed by atoms with Crippen molar-refractivity contribution in [3.63, 3.8) is 0 Å². The molecule has 1 aromatic rings. The van der Waals surface area contributed by atoms with Crippen molar-refractivity contribution in [1.82, 2.24) is 5.32 Å². The van der Waals surface area contributed by atoms with E-state index < -0.39 is 6.17 Å². The van der Waals surface area contributed by atoms with Crippen molar-refractivity contribution in [1.29, 1.82) is 0 Å². The van der Waals surface area contributed by atoms with Gasteiger partial charge in [-0.3, -0.25) is 0 Å². The second-order valence-corrected chi connectivity index (χ2v) is 3.88. The minimum absolute atomic E-state index is 0.306. The largest absolute Gasteiger partial charge is 0.486 e. The van der Waals surface area contributed by atoms with Crippen LogP contribution in [-0.2, 0) is 0 Å². The zero-order valence-corrected chi connectivity index (χ0v) is 9.55. The van der Waals surface area contributed by atoms with E-state index in [2.05, 4.69) is 5.32 Å². The van der Waals surface area contributed by atoms with Gasteiger partial charge in [-0.05, 0) is 37.2 Å². The van der Waals surface area contributed by atoms with E-state index in [1.54, 1.807) is 13.1 Å². The Labute approximate surface area is 94.6 Å². The lowest BCUT2D eigenvalue weighted by Crippen LogP contribution is -2.18. The van der Waals surface area contributed by atoms with Gasteiger partial charge in [-0.25, -0.2) is 4.39 Å². The molecule has 16 heavy (non-hydrogen) atoms. The van der Waals surface area contributed by atoms with Crippen molar-refractivity contribution in [3.8, 4) is 11.5 Å². The molecule has 1 heterocycles. The fourth-order valence-corrected chi connectivity index (χ4v) is 1.83. The molecule has 0 radical (unpaired) electrons. The van der Waals surface area contributed by atoms with Gasteiger partial charge >= 0.3 is 0 Å². The SMILES string of the molecule is CNCC(F)c1cc2c(cc1C)OCCO2. The molecule has 0 bridgehead atoms. The Balaban J connectivity index is 2.31. The minimum atomic E-state index is -1.01. The van der Waals surface area contributed by atoms with Gasteiger partial charge in [0.2, 0.25) is 0 Å². The molecule has 1 unspecified atom stereocenters. The molecular weight excluding hydrogens is 209 g/mol. The maximum atomic E-state index is 13.8. The fourth-order valence-electron chi connectivity index (χ4n) is 1.83. The summed E-state index contributed by atoms with van der Waals surface area (Å²) in [4.78, 5) is 0. The van der Waals surface area contributed by atoms with Crippen LogP contribution in [0.5, 0.6) is 11.5 Å². The van der Waals surface area contributed by atoms with E-state index in [4.69, 9.17) is 9.47 Å². The van der Waals surface area contributed by atoms with Gasteiger partial charge in [0.25, 0.3) is 0 Å². The molecule has 88 valence electrons.